The minimum Gasteiger partial charge on any atom is -0.385 e. The van der Waals surface area contributed by atoms with Gasteiger partial charge < -0.3 is 16.0 Å². The molecule has 0 fully saturated rings. The Hall–Kier alpha value is -2.63. The number of rotatable bonds is 7. The molecule has 2 rings (SSSR count). The number of nitrogens with one attached hydrogen (secondary N) is 3. The van der Waals surface area contributed by atoms with Crippen LogP contribution in [-0.2, 0) is 0 Å². The zero-order chi connectivity index (χ0) is 14.9. The number of aromatic nitrogens is 2. The van der Waals surface area contributed by atoms with Crippen molar-refractivity contribution < 1.29 is 4.79 Å². The molecule has 0 aliphatic heterocycles. The largest absolute Gasteiger partial charge is 0.385 e. The summed E-state index contributed by atoms with van der Waals surface area (Å²) in [6.45, 7) is 1.66. The zero-order valence-electron chi connectivity index (χ0n) is 12.0. The van der Waals surface area contributed by atoms with Crippen LogP contribution in [-0.4, -0.2) is 36.2 Å². The molecule has 0 atom stereocenters. The molecule has 21 heavy (non-hydrogen) atoms. The van der Waals surface area contributed by atoms with Crippen molar-refractivity contribution in [2.24, 2.45) is 0 Å². The van der Waals surface area contributed by atoms with Crippen LogP contribution in [0.1, 0.15) is 16.9 Å². The van der Waals surface area contributed by atoms with Gasteiger partial charge in [-0.3, -0.25) is 4.79 Å². The number of anilines is 2. The number of carbonyl (C=O) groups is 1. The summed E-state index contributed by atoms with van der Waals surface area (Å²) in [5, 5.41) is 16.8. The van der Waals surface area contributed by atoms with Crippen molar-refractivity contribution in [3.05, 3.63) is 48.2 Å². The lowest BCUT2D eigenvalue weighted by atomic mass is 10.3. The van der Waals surface area contributed by atoms with Crippen LogP contribution in [0.2, 0.25) is 0 Å². The van der Waals surface area contributed by atoms with Crippen LogP contribution in [0.5, 0.6) is 0 Å². The second-order valence-corrected chi connectivity index (χ2v) is 4.46. The lowest BCUT2D eigenvalue weighted by molar-refractivity contribution is 0.0957. The van der Waals surface area contributed by atoms with Gasteiger partial charge in [-0.05, 0) is 30.7 Å². The Morgan fingerprint density at radius 3 is 2.43 bits per heavy atom. The molecule has 0 radical (unpaired) electrons. The van der Waals surface area contributed by atoms with E-state index in [1.165, 1.54) is 0 Å². The van der Waals surface area contributed by atoms with Crippen molar-refractivity contribution in [3.8, 4) is 0 Å². The molecular formula is C15H19N5O. The van der Waals surface area contributed by atoms with Crippen LogP contribution >= 0.6 is 0 Å². The van der Waals surface area contributed by atoms with E-state index in [9.17, 15) is 4.79 Å². The molecule has 0 saturated heterocycles. The second-order valence-electron chi connectivity index (χ2n) is 4.46. The molecule has 2 aromatic rings. The van der Waals surface area contributed by atoms with E-state index in [-0.39, 0.29) is 5.91 Å². The van der Waals surface area contributed by atoms with E-state index in [1.54, 1.807) is 19.2 Å². The molecule has 0 unspecified atom stereocenters. The minimum absolute atomic E-state index is 0.235. The molecule has 1 aromatic carbocycles. The first-order valence-corrected chi connectivity index (χ1v) is 6.88. The van der Waals surface area contributed by atoms with Crippen molar-refractivity contribution >= 4 is 17.4 Å². The Morgan fingerprint density at radius 1 is 1.00 bits per heavy atom. The van der Waals surface area contributed by atoms with Gasteiger partial charge in [-0.25, -0.2) is 0 Å². The molecular weight excluding hydrogens is 266 g/mol. The number of hydrogen-bond donors (Lipinski definition) is 3. The molecule has 0 aliphatic rings. The zero-order valence-corrected chi connectivity index (χ0v) is 12.0. The van der Waals surface area contributed by atoms with Gasteiger partial charge in [0, 0.05) is 25.8 Å². The quantitative estimate of drug-likeness (QED) is 0.675. The highest BCUT2D eigenvalue weighted by Crippen LogP contribution is 2.05. The fourth-order valence-corrected chi connectivity index (χ4v) is 1.77. The maximum atomic E-state index is 11.3. The second kappa shape index (κ2) is 7.84. The van der Waals surface area contributed by atoms with E-state index in [0.717, 1.165) is 25.2 Å². The van der Waals surface area contributed by atoms with Gasteiger partial charge in [-0.2, -0.15) is 0 Å². The molecule has 0 saturated carbocycles. The summed E-state index contributed by atoms with van der Waals surface area (Å²) < 4.78 is 0. The fourth-order valence-electron chi connectivity index (χ4n) is 1.77. The van der Waals surface area contributed by atoms with E-state index in [0.29, 0.717) is 11.5 Å². The average Bonchev–Trinajstić information content (AvgIpc) is 2.55. The maximum absolute atomic E-state index is 11.3. The van der Waals surface area contributed by atoms with E-state index < -0.39 is 0 Å². The van der Waals surface area contributed by atoms with Gasteiger partial charge in [0.1, 0.15) is 5.82 Å². The topological polar surface area (TPSA) is 78.9 Å². The highest BCUT2D eigenvalue weighted by molar-refractivity contribution is 5.91. The Bertz CT molecular complexity index is 556. The van der Waals surface area contributed by atoms with Crippen molar-refractivity contribution in [2.45, 2.75) is 6.42 Å². The van der Waals surface area contributed by atoms with Crippen LogP contribution in [0.15, 0.2) is 42.5 Å². The van der Waals surface area contributed by atoms with Crippen LogP contribution in [0.25, 0.3) is 0 Å². The number of hydrogen-bond acceptors (Lipinski definition) is 5. The normalized spacial score (nSPS) is 9.95. The van der Waals surface area contributed by atoms with E-state index >= 15 is 0 Å². The summed E-state index contributed by atoms with van der Waals surface area (Å²) >= 11 is 0. The van der Waals surface area contributed by atoms with Crippen molar-refractivity contribution in [1.29, 1.82) is 0 Å². The average molecular weight is 285 g/mol. The third-order valence-electron chi connectivity index (χ3n) is 2.89. The predicted molar refractivity (Wildman–Crippen MR) is 83.5 cm³/mol. The van der Waals surface area contributed by atoms with Crippen LogP contribution < -0.4 is 16.0 Å². The molecule has 6 nitrogen and oxygen atoms in total. The molecule has 1 amide bonds. The summed E-state index contributed by atoms with van der Waals surface area (Å²) in [5.41, 5.74) is 1.43. The molecule has 3 N–H and O–H groups in total. The third-order valence-corrected chi connectivity index (χ3v) is 2.89. The number of amides is 1. The third kappa shape index (κ3) is 4.76. The standard InChI is InChI=1S/C15H19N5O/c1-16-15(21)13-8-9-14(20-19-13)18-11-5-10-17-12-6-3-2-4-7-12/h2-4,6-9,17H,5,10-11H2,1H3,(H,16,21)(H,18,20). The Balaban J connectivity index is 1.68. The number of carbonyl (C=O) groups excluding carboxylic acids is 1. The van der Waals surface area contributed by atoms with Crippen molar-refractivity contribution in [2.75, 3.05) is 30.8 Å². The predicted octanol–water partition coefficient (Wildman–Crippen LogP) is 1.75. The molecule has 0 spiro atoms. The van der Waals surface area contributed by atoms with Gasteiger partial charge in [0.05, 0.1) is 0 Å². The highest BCUT2D eigenvalue weighted by atomic mass is 16.1. The number of nitrogens with zero attached hydrogens (tertiary/aromatic N) is 2. The fraction of sp³-hybridized carbons (Fsp3) is 0.267. The van der Waals surface area contributed by atoms with Crippen LogP contribution in [0.3, 0.4) is 0 Å². The van der Waals surface area contributed by atoms with Gasteiger partial charge in [0.15, 0.2) is 5.69 Å². The monoisotopic (exact) mass is 285 g/mol. The SMILES string of the molecule is CNC(=O)c1ccc(NCCCNc2ccccc2)nn1. The van der Waals surface area contributed by atoms with Gasteiger partial charge >= 0.3 is 0 Å². The first-order valence-electron chi connectivity index (χ1n) is 6.88. The van der Waals surface area contributed by atoms with Crippen molar-refractivity contribution in [3.63, 3.8) is 0 Å². The van der Waals surface area contributed by atoms with Gasteiger partial charge in [0.2, 0.25) is 0 Å². The first-order chi connectivity index (χ1) is 10.3. The van der Waals surface area contributed by atoms with E-state index in [2.05, 4.69) is 26.1 Å². The maximum Gasteiger partial charge on any atom is 0.271 e. The molecule has 110 valence electrons. The summed E-state index contributed by atoms with van der Waals surface area (Å²) in [7, 11) is 1.57. The Kier molecular flexibility index (Phi) is 5.51. The van der Waals surface area contributed by atoms with E-state index in [4.69, 9.17) is 0 Å². The summed E-state index contributed by atoms with van der Waals surface area (Å²) in [5.74, 6) is 0.434. The van der Waals surface area contributed by atoms with Gasteiger partial charge in [-0.1, -0.05) is 18.2 Å². The molecule has 1 heterocycles. The molecule has 0 aliphatic carbocycles. The summed E-state index contributed by atoms with van der Waals surface area (Å²) in [4.78, 5) is 11.3. The van der Waals surface area contributed by atoms with Crippen molar-refractivity contribution in [1.82, 2.24) is 15.5 Å². The van der Waals surface area contributed by atoms with Gasteiger partial charge in [0.25, 0.3) is 5.91 Å². The smallest absolute Gasteiger partial charge is 0.271 e. The van der Waals surface area contributed by atoms with Gasteiger partial charge in [-0.15, -0.1) is 10.2 Å². The number of benzene rings is 1. The van der Waals surface area contributed by atoms with Crippen LogP contribution in [0.4, 0.5) is 11.5 Å². The lowest BCUT2D eigenvalue weighted by Gasteiger charge is -2.07. The molecule has 1 aromatic heterocycles. The molecule has 0 bridgehead atoms. The summed E-state index contributed by atoms with van der Waals surface area (Å²) in [6, 6.07) is 13.5. The number of para-hydroxylation sites is 1. The Labute approximate surface area is 124 Å². The summed E-state index contributed by atoms with van der Waals surface area (Å²) in [6.07, 6.45) is 0.952. The molecule has 6 heteroatoms. The minimum atomic E-state index is -0.235. The lowest BCUT2D eigenvalue weighted by Crippen LogP contribution is -2.20. The van der Waals surface area contributed by atoms with Crippen LogP contribution in [0, 0.1) is 0 Å². The van der Waals surface area contributed by atoms with E-state index in [1.807, 2.05) is 30.3 Å². The first kappa shape index (κ1) is 14.8. The Morgan fingerprint density at radius 2 is 1.76 bits per heavy atom. The highest BCUT2D eigenvalue weighted by Gasteiger charge is 2.04.